The normalized spacial score (nSPS) is 21.6. The number of ether oxygens (including phenoxy) is 1. The predicted molar refractivity (Wildman–Crippen MR) is 77.3 cm³/mol. The second-order valence-corrected chi connectivity index (χ2v) is 5.52. The van der Waals surface area contributed by atoms with Crippen molar-refractivity contribution >= 4 is 11.9 Å². The Bertz CT molecular complexity index is 330. The van der Waals surface area contributed by atoms with Crippen molar-refractivity contribution in [3.63, 3.8) is 0 Å². The van der Waals surface area contributed by atoms with Crippen LogP contribution >= 0.6 is 0 Å². The highest BCUT2D eigenvalue weighted by molar-refractivity contribution is 5.85. The van der Waals surface area contributed by atoms with Gasteiger partial charge in [0.25, 0.3) is 0 Å². The van der Waals surface area contributed by atoms with E-state index < -0.39 is 6.04 Å². The highest BCUT2D eigenvalue weighted by atomic mass is 16.5. The lowest BCUT2D eigenvalue weighted by Gasteiger charge is -2.26. The number of hydrogen-bond acceptors (Lipinski definition) is 5. The van der Waals surface area contributed by atoms with Crippen molar-refractivity contribution in [2.24, 2.45) is 5.92 Å². The third-order valence-corrected chi connectivity index (χ3v) is 4.04. The highest BCUT2D eigenvalue weighted by Crippen LogP contribution is 2.10. The van der Waals surface area contributed by atoms with Crippen LogP contribution in [0.4, 0.5) is 0 Å². The zero-order valence-electron chi connectivity index (χ0n) is 12.9. The van der Waals surface area contributed by atoms with Crippen molar-refractivity contribution in [1.82, 2.24) is 15.5 Å². The van der Waals surface area contributed by atoms with Gasteiger partial charge in [0.15, 0.2) is 0 Å². The first kappa shape index (κ1) is 16.9. The molecule has 0 aromatic rings. The van der Waals surface area contributed by atoms with Crippen LogP contribution in [0.5, 0.6) is 0 Å². The summed E-state index contributed by atoms with van der Waals surface area (Å²) < 4.78 is 4.76. The van der Waals surface area contributed by atoms with Crippen LogP contribution in [0.25, 0.3) is 0 Å². The molecule has 2 N–H and O–H groups in total. The topological polar surface area (TPSA) is 70.7 Å². The van der Waals surface area contributed by atoms with Crippen LogP contribution in [0.15, 0.2) is 0 Å². The first-order valence-electron chi connectivity index (χ1n) is 7.27. The molecular formula is C14H27N3O3. The Hall–Kier alpha value is -1.14. The number of carbonyl (C=O) groups is 2. The Morgan fingerprint density at radius 1 is 1.50 bits per heavy atom. The lowest BCUT2D eigenvalue weighted by molar-refractivity contribution is -0.146. The van der Waals surface area contributed by atoms with Gasteiger partial charge in [-0.3, -0.25) is 9.69 Å². The minimum absolute atomic E-state index is 0.0600. The average molecular weight is 285 g/mol. The minimum Gasteiger partial charge on any atom is -0.467 e. The lowest BCUT2D eigenvalue weighted by atomic mass is 9.99. The molecular weight excluding hydrogens is 258 g/mol. The SMILES string of the molecule is CCC(C)C(NC(=O)CN(C)C1CCNC1)C(=O)OC. The number of amides is 1. The summed E-state index contributed by atoms with van der Waals surface area (Å²) in [6, 6.07) is -0.173. The number of nitrogens with one attached hydrogen (secondary N) is 2. The minimum atomic E-state index is -0.562. The molecule has 1 saturated heterocycles. The van der Waals surface area contributed by atoms with E-state index in [4.69, 9.17) is 4.74 Å². The Balaban J connectivity index is 2.50. The number of esters is 1. The van der Waals surface area contributed by atoms with Gasteiger partial charge in [-0.1, -0.05) is 20.3 Å². The second-order valence-electron chi connectivity index (χ2n) is 5.52. The Morgan fingerprint density at radius 2 is 2.20 bits per heavy atom. The monoisotopic (exact) mass is 285 g/mol. The van der Waals surface area contributed by atoms with Crippen LogP contribution in [0.3, 0.4) is 0 Å². The van der Waals surface area contributed by atoms with Crippen molar-refractivity contribution in [2.45, 2.75) is 38.8 Å². The van der Waals surface area contributed by atoms with Crippen molar-refractivity contribution in [2.75, 3.05) is 33.8 Å². The van der Waals surface area contributed by atoms with Crippen LogP contribution < -0.4 is 10.6 Å². The summed E-state index contributed by atoms with van der Waals surface area (Å²) in [7, 11) is 3.29. The third-order valence-electron chi connectivity index (χ3n) is 4.04. The zero-order chi connectivity index (χ0) is 15.1. The zero-order valence-corrected chi connectivity index (χ0v) is 12.9. The van der Waals surface area contributed by atoms with Gasteiger partial charge in [0, 0.05) is 12.6 Å². The fourth-order valence-electron chi connectivity index (χ4n) is 2.39. The first-order chi connectivity index (χ1) is 9.49. The number of methoxy groups -OCH3 is 1. The van der Waals surface area contributed by atoms with Crippen molar-refractivity contribution < 1.29 is 14.3 Å². The molecule has 0 aliphatic carbocycles. The summed E-state index contributed by atoms with van der Waals surface area (Å²) in [5.41, 5.74) is 0. The van der Waals surface area contributed by atoms with Crippen LogP contribution in [0, 0.1) is 5.92 Å². The van der Waals surface area contributed by atoms with Gasteiger partial charge >= 0.3 is 5.97 Å². The molecule has 20 heavy (non-hydrogen) atoms. The van der Waals surface area contributed by atoms with E-state index in [1.54, 1.807) is 0 Å². The molecule has 1 aliphatic heterocycles. The number of rotatable bonds is 7. The molecule has 1 aliphatic rings. The molecule has 0 bridgehead atoms. The molecule has 0 spiro atoms. The number of carbonyl (C=O) groups excluding carboxylic acids is 2. The Labute approximate surface area is 121 Å². The van der Waals surface area contributed by atoms with Crippen LogP contribution in [-0.4, -0.2) is 62.7 Å². The lowest BCUT2D eigenvalue weighted by Crippen LogP contribution is -2.50. The standard InChI is InChI=1S/C14H27N3O3/c1-5-10(2)13(14(19)20-4)16-12(18)9-17(3)11-6-7-15-8-11/h10-11,13,15H,5-9H2,1-4H3,(H,16,18). The molecule has 6 heteroatoms. The summed E-state index contributed by atoms with van der Waals surface area (Å²) in [4.78, 5) is 25.8. The van der Waals surface area contributed by atoms with E-state index >= 15 is 0 Å². The molecule has 0 aromatic carbocycles. The van der Waals surface area contributed by atoms with E-state index in [9.17, 15) is 9.59 Å². The van der Waals surface area contributed by atoms with E-state index in [1.165, 1.54) is 7.11 Å². The van der Waals surface area contributed by atoms with Crippen molar-refractivity contribution in [3.05, 3.63) is 0 Å². The molecule has 1 amide bonds. The van der Waals surface area contributed by atoms with E-state index in [0.29, 0.717) is 12.6 Å². The fourth-order valence-corrected chi connectivity index (χ4v) is 2.39. The van der Waals surface area contributed by atoms with Crippen LogP contribution in [0.2, 0.25) is 0 Å². The summed E-state index contributed by atoms with van der Waals surface area (Å²) in [5, 5.41) is 6.07. The maximum atomic E-state index is 12.1. The molecule has 6 nitrogen and oxygen atoms in total. The van der Waals surface area contributed by atoms with Gasteiger partial charge < -0.3 is 15.4 Å². The van der Waals surface area contributed by atoms with Crippen LogP contribution in [-0.2, 0) is 14.3 Å². The number of nitrogens with zero attached hydrogens (tertiary/aromatic N) is 1. The summed E-state index contributed by atoms with van der Waals surface area (Å²) in [5.74, 6) is -0.446. The molecule has 1 fully saturated rings. The molecule has 1 rings (SSSR count). The van der Waals surface area contributed by atoms with Gasteiger partial charge in [-0.05, 0) is 25.9 Å². The number of hydrogen-bond donors (Lipinski definition) is 2. The molecule has 0 radical (unpaired) electrons. The summed E-state index contributed by atoms with van der Waals surface area (Å²) >= 11 is 0. The summed E-state index contributed by atoms with van der Waals surface area (Å²) in [6.45, 7) is 6.13. The maximum absolute atomic E-state index is 12.1. The first-order valence-corrected chi connectivity index (χ1v) is 7.27. The molecule has 3 unspecified atom stereocenters. The van der Waals surface area contributed by atoms with Gasteiger partial charge in [-0.2, -0.15) is 0 Å². The van der Waals surface area contributed by atoms with Crippen LogP contribution in [0.1, 0.15) is 26.7 Å². The molecule has 1 heterocycles. The van der Waals surface area contributed by atoms with Gasteiger partial charge in [0.1, 0.15) is 6.04 Å². The predicted octanol–water partition coefficient (Wildman–Crippen LogP) is -0.0160. The molecule has 0 saturated carbocycles. The van der Waals surface area contributed by atoms with E-state index in [-0.39, 0.29) is 17.8 Å². The van der Waals surface area contributed by atoms with Crippen molar-refractivity contribution in [3.8, 4) is 0 Å². The van der Waals surface area contributed by atoms with E-state index in [1.807, 2.05) is 25.8 Å². The second kappa shape index (κ2) is 8.21. The largest absolute Gasteiger partial charge is 0.467 e. The summed E-state index contributed by atoms with van der Waals surface area (Å²) in [6.07, 6.45) is 1.86. The van der Waals surface area contributed by atoms with Gasteiger partial charge in [0.05, 0.1) is 13.7 Å². The van der Waals surface area contributed by atoms with Crippen molar-refractivity contribution in [1.29, 1.82) is 0 Å². The molecule has 0 aromatic heterocycles. The van der Waals surface area contributed by atoms with Gasteiger partial charge in [-0.25, -0.2) is 4.79 Å². The Kier molecular flexibility index (Phi) is 6.95. The Morgan fingerprint density at radius 3 is 2.70 bits per heavy atom. The maximum Gasteiger partial charge on any atom is 0.328 e. The third kappa shape index (κ3) is 4.76. The molecule has 116 valence electrons. The quantitative estimate of drug-likeness (QED) is 0.644. The highest BCUT2D eigenvalue weighted by Gasteiger charge is 2.28. The average Bonchev–Trinajstić information content (AvgIpc) is 2.97. The number of likely N-dealkylation sites (N-methyl/N-ethyl adjacent to an activating group) is 1. The van der Waals surface area contributed by atoms with Gasteiger partial charge in [-0.15, -0.1) is 0 Å². The van der Waals surface area contributed by atoms with E-state index in [2.05, 4.69) is 10.6 Å². The fraction of sp³-hybridized carbons (Fsp3) is 0.857. The molecule has 3 atom stereocenters. The van der Waals surface area contributed by atoms with Gasteiger partial charge in [0.2, 0.25) is 5.91 Å². The smallest absolute Gasteiger partial charge is 0.328 e. The van der Waals surface area contributed by atoms with E-state index in [0.717, 1.165) is 25.9 Å².